The van der Waals surface area contributed by atoms with Gasteiger partial charge in [-0.3, -0.25) is 9.78 Å². The Morgan fingerprint density at radius 3 is 2.57 bits per heavy atom. The molecule has 3 N–H and O–H groups in total. The third-order valence-electron chi connectivity index (χ3n) is 7.12. The number of amides is 1. The molecular weight excluding hydrogens is 605 g/mol. The molecular formula is C34H28FN7O3S. The first kappa shape index (κ1) is 30.4. The smallest absolute Gasteiger partial charge is 0.255 e. The number of hydrogen-bond donors (Lipinski definition) is 3. The lowest BCUT2D eigenvalue weighted by molar-refractivity contribution is -0.00177. The molecule has 12 heteroatoms. The van der Waals surface area contributed by atoms with Crippen LogP contribution in [0, 0.1) is 11.3 Å². The molecule has 10 nitrogen and oxygen atoms in total. The van der Waals surface area contributed by atoms with Gasteiger partial charge < -0.3 is 20.5 Å². The molecule has 0 aliphatic heterocycles. The number of halogens is 1. The number of para-hydroxylation sites is 1. The molecule has 1 atom stereocenters. The van der Waals surface area contributed by atoms with Crippen LogP contribution in [0.5, 0.6) is 11.5 Å². The van der Waals surface area contributed by atoms with Crippen molar-refractivity contribution in [3.63, 3.8) is 0 Å². The molecule has 2 aromatic carbocycles. The molecule has 4 aromatic heterocycles. The summed E-state index contributed by atoms with van der Waals surface area (Å²) < 4.78 is 22.0. The Balaban J connectivity index is 1.28. The van der Waals surface area contributed by atoms with Crippen LogP contribution in [-0.2, 0) is 0 Å². The van der Waals surface area contributed by atoms with Gasteiger partial charge in [0, 0.05) is 17.1 Å². The van der Waals surface area contributed by atoms with E-state index in [1.165, 1.54) is 37.6 Å². The summed E-state index contributed by atoms with van der Waals surface area (Å²) in [5.41, 5.74) is 2.80. The van der Waals surface area contributed by atoms with Gasteiger partial charge in [-0.1, -0.05) is 18.2 Å². The van der Waals surface area contributed by atoms with Crippen molar-refractivity contribution in [1.82, 2.24) is 24.9 Å². The predicted molar refractivity (Wildman–Crippen MR) is 174 cm³/mol. The highest BCUT2D eigenvalue weighted by molar-refractivity contribution is 7.14. The van der Waals surface area contributed by atoms with Gasteiger partial charge in [0.2, 0.25) is 0 Å². The minimum Gasteiger partial charge on any atom is -0.457 e. The van der Waals surface area contributed by atoms with Crippen LogP contribution in [-0.4, -0.2) is 48.9 Å². The van der Waals surface area contributed by atoms with Crippen molar-refractivity contribution in [3.05, 3.63) is 108 Å². The van der Waals surface area contributed by atoms with Crippen molar-refractivity contribution in [1.29, 1.82) is 5.26 Å². The van der Waals surface area contributed by atoms with Crippen molar-refractivity contribution in [2.24, 2.45) is 0 Å². The topological polar surface area (TPSA) is 137 Å². The molecule has 0 saturated heterocycles. The third-order valence-corrected chi connectivity index (χ3v) is 7.88. The third kappa shape index (κ3) is 6.71. The molecule has 0 bridgehead atoms. The molecule has 0 fully saturated rings. The molecule has 6 aromatic rings. The van der Waals surface area contributed by atoms with E-state index >= 15 is 0 Å². The number of anilines is 2. The van der Waals surface area contributed by atoms with E-state index in [0.717, 1.165) is 17.0 Å². The maximum atomic E-state index is 14.4. The molecule has 230 valence electrons. The predicted octanol–water partition coefficient (Wildman–Crippen LogP) is 6.77. The average molecular weight is 634 g/mol. The van der Waals surface area contributed by atoms with Crippen molar-refractivity contribution in [2.75, 3.05) is 11.9 Å². The van der Waals surface area contributed by atoms with Gasteiger partial charge in [-0.05, 0) is 74.5 Å². The van der Waals surface area contributed by atoms with Gasteiger partial charge in [0.15, 0.2) is 5.13 Å². The molecule has 0 saturated carbocycles. The van der Waals surface area contributed by atoms with E-state index in [9.17, 15) is 19.6 Å². The number of nitrogens with zero attached hydrogens (tertiary/aromatic N) is 5. The van der Waals surface area contributed by atoms with E-state index in [4.69, 9.17) is 9.72 Å². The molecule has 4 heterocycles. The quantitative estimate of drug-likeness (QED) is 0.150. The van der Waals surface area contributed by atoms with Crippen LogP contribution in [0.25, 0.3) is 28.2 Å². The highest BCUT2D eigenvalue weighted by Gasteiger charge is 2.27. The number of rotatable bonds is 10. The number of carbonyl (C=O) groups excluding carboxylic acids is 1. The summed E-state index contributed by atoms with van der Waals surface area (Å²) in [4.78, 5) is 22.5. The van der Waals surface area contributed by atoms with Gasteiger partial charge in [0.1, 0.15) is 23.7 Å². The number of nitrogens with one attached hydrogen (secondary N) is 2. The summed E-state index contributed by atoms with van der Waals surface area (Å²) in [7, 11) is 0. The highest BCUT2D eigenvalue weighted by atomic mass is 32.1. The number of nitriles is 1. The summed E-state index contributed by atoms with van der Waals surface area (Å²) in [6.07, 6.45) is 1.18. The molecule has 6 rings (SSSR count). The first-order valence-electron chi connectivity index (χ1n) is 14.3. The number of alkyl halides is 1. The van der Waals surface area contributed by atoms with Gasteiger partial charge in [0.05, 0.1) is 57.8 Å². The van der Waals surface area contributed by atoms with Crippen LogP contribution >= 0.6 is 11.3 Å². The molecule has 1 unspecified atom stereocenters. The number of ether oxygens (including phenoxy) is 1. The fourth-order valence-electron chi connectivity index (χ4n) is 4.56. The zero-order valence-corrected chi connectivity index (χ0v) is 25.6. The average Bonchev–Trinajstić information content (AvgIpc) is 3.71. The fourth-order valence-corrected chi connectivity index (χ4v) is 5.29. The van der Waals surface area contributed by atoms with Crippen molar-refractivity contribution in [3.8, 4) is 40.2 Å². The molecule has 1 amide bonds. The Bertz CT molecular complexity index is 2050. The van der Waals surface area contributed by atoms with Crippen LogP contribution < -0.4 is 15.4 Å². The lowest BCUT2D eigenvalue weighted by atomic mass is 10.0. The summed E-state index contributed by atoms with van der Waals surface area (Å²) in [6.45, 7) is 2.29. The molecule has 46 heavy (non-hydrogen) atoms. The van der Waals surface area contributed by atoms with Gasteiger partial charge in [-0.25, -0.2) is 13.9 Å². The van der Waals surface area contributed by atoms with Gasteiger partial charge in [-0.2, -0.15) is 10.4 Å². The maximum absolute atomic E-state index is 14.4. The van der Waals surface area contributed by atoms with Crippen LogP contribution in [0.1, 0.15) is 29.8 Å². The molecule has 0 aliphatic carbocycles. The second-order valence-corrected chi connectivity index (χ2v) is 11.8. The summed E-state index contributed by atoms with van der Waals surface area (Å²) >= 11 is 1.35. The maximum Gasteiger partial charge on any atom is 0.255 e. The SMILES string of the molecule is CC(C)(O)C(F)CNC(=O)c1cnc(-c2ccc3cc(C#N)cnn23)cc1Nc1nc(-c2ccc(Oc3ccccc3)cc2)cs1. The first-order valence-corrected chi connectivity index (χ1v) is 15.1. The van der Waals surface area contributed by atoms with Crippen LogP contribution in [0.4, 0.5) is 15.2 Å². The van der Waals surface area contributed by atoms with Crippen LogP contribution in [0.3, 0.4) is 0 Å². The van der Waals surface area contributed by atoms with Gasteiger partial charge in [0.25, 0.3) is 5.91 Å². The second-order valence-electron chi connectivity index (χ2n) is 11.0. The minimum atomic E-state index is -1.68. The van der Waals surface area contributed by atoms with E-state index < -0.39 is 17.7 Å². The number of pyridine rings is 1. The van der Waals surface area contributed by atoms with Crippen LogP contribution in [0.2, 0.25) is 0 Å². The molecule has 0 spiro atoms. The summed E-state index contributed by atoms with van der Waals surface area (Å²) in [5, 5.41) is 31.8. The van der Waals surface area contributed by atoms with E-state index in [1.807, 2.05) is 72.1 Å². The summed E-state index contributed by atoms with van der Waals surface area (Å²) in [6, 6.07) is 26.2. The Kier molecular flexibility index (Phi) is 8.43. The second kappa shape index (κ2) is 12.8. The van der Waals surface area contributed by atoms with Gasteiger partial charge in [-0.15, -0.1) is 11.3 Å². The monoisotopic (exact) mass is 633 g/mol. The zero-order chi connectivity index (χ0) is 32.3. The highest BCUT2D eigenvalue weighted by Crippen LogP contribution is 2.32. The Morgan fingerprint density at radius 2 is 1.83 bits per heavy atom. The van der Waals surface area contributed by atoms with E-state index in [1.54, 1.807) is 16.6 Å². The Labute approximate surface area is 267 Å². The van der Waals surface area contributed by atoms with E-state index in [-0.39, 0.29) is 12.1 Å². The van der Waals surface area contributed by atoms with Gasteiger partial charge >= 0.3 is 0 Å². The number of carbonyl (C=O) groups is 1. The molecule has 0 radical (unpaired) electrons. The fraction of sp³-hybridized carbons (Fsp3) is 0.147. The van der Waals surface area contributed by atoms with Crippen LogP contribution in [0.15, 0.2) is 96.6 Å². The van der Waals surface area contributed by atoms with Crippen molar-refractivity contribution < 1.29 is 19.0 Å². The zero-order valence-electron chi connectivity index (χ0n) is 24.8. The lowest BCUT2D eigenvalue weighted by Crippen LogP contribution is -2.42. The standard InChI is InChI=1S/C34H28FN7O3S/c1-34(2,44)31(35)19-38-32(43)26-18-37-28(30-13-10-23-14-21(16-36)17-39-42(23)30)15-27(26)40-33-41-29(20-46-33)22-8-11-25(12-9-22)45-24-6-4-3-5-7-24/h3-15,17-18,20,31,44H,19H2,1-2H3,(H,38,43)(H,37,40,41). The summed E-state index contributed by atoms with van der Waals surface area (Å²) in [5.74, 6) is 0.862. The van der Waals surface area contributed by atoms with E-state index in [2.05, 4.69) is 26.8 Å². The lowest BCUT2D eigenvalue weighted by Gasteiger charge is -2.22. The molecule has 0 aliphatic rings. The number of hydrogen-bond acceptors (Lipinski definition) is 9. The Hall–Kier alpha value is -5.64. The number of benzene rings is 2. The Morgan fingerprint density at radius 1 is 1.07 bits per heavy atom. The number of aliphatic hydroxyl groups is 1. The largest absolute Gasteiger partial charge is 0.457 e. The van der Waals surface area contributed by atoms with Crippen molar-refractivity contribution in [2.45, 2.75) is 25.6 Å². The first-order chi connectivity index (χ1) is 22.2. The minimum absolute atomic E-state index is 0.159. The van der Waals surface area contributed by atoms with Crippen molar-refractivity contribution >= 4 is 33.6 Å². The number of thiazole rings is 1. The number of aromatic nitrogens is 4. The number of fused-ring (bicyclic) bond motifs is 1. The van der Waals surface area contributed by atoms with E-state index in [0.29, 0.717) is 39.0 Å². The normalized spacial score (nSPS) is 12.0.